The topological polar surface area (TPSA) is 78.1 Å². The molecule has 2 aromatic rings. The molecule has 1 aliphatic rings. The number of ether oxygens (including phenoxy) is 3. The standard InChI is InChI=1S/C19H23N3O3/c1-13(2)24-15-9-7-14(8-10-15)22-19(20)21-11-16-12-23-17-5-3-4-6-18(17)25-16/h3-10,13,16H,11-12H2,1-2H3,(H3,20,21,22). The molecule has 2 aromatic carbocycles. The molecule has 1 heterocycles. The van der Waals surface area contributed by atoms with E-state index < -0.39 is 0 Å². The van der Waals surface area contributed by atoms with Crippen molar-refractivity contribution >= 4 is 11.6 Å². The molecular formula is C19H23N3O3. The molecule has 6 nitrogen and oxygen atoms in total. The number of nitrogens with two attached hydrogens (primary N) is 1. The Morgan fingerprint density at radius 1 is 1.20 bits per heavy atom. The van der Waals surface area contributed by atoms with E-state index in [9.17, 15) is 0 Å². The number of benzene rings is 2. The third-order valence-electron chi connectivity index (χ3n) is 3.53. The van der Waals surface area contributed by atoms with Gasteiger partial charge in [-0.05, 0) is 50.2 Å². The van der Waals surface area contributed by atoms with Crippen LogP contribution in [-0.2, 0) is 0 Å². The molecule has 132 valence electrons. The molecule has 1 unspecified atom stereocenters. The van der Waals surface area contributed by atoms with Gasteiger partial charge in [0.2, 0.25) is 0 Å². The molecule has 0 radical (unpaired) electrons. The highest BCUT2D eigenvalue weighted by atomic mass is 16.6. The first-order chi connectivity index (χ1) is 12.1. The van der Waals surface area contributed by atoms with Crippen molar-refractivity contribution in [2.24, 2.45) is 10.7 Å². The fourth-order valence-electron chi connectivity index (χ4n) is 2.43. The monoisotopic (exact) mass is 341 g/mol. The highest BCUT2D eigenvalue weighted by molar-refractivity contribution is 5.92. The minimum Gasteiger partial charge on any atom is -0.491 e. The van der Waals surface area contributed by atoms with Crippen molar-refractivity contribution < 1.29 is 14.2 Å². The lowest BCUT2D eigenvalue weighted by Crippen LogP contribution is -2.33. The smallest absolute Gasteiger partial charge is 0.193 e. The first kappa shape index (κ1) is 17.0. The first-order valence-electron chi connectivity index (χ1n) is 8.32. The van der Waals surface area contributed by atoms with Crippen LogP contribution >= 0.6 is 0 Å². The van der Waals surface area contributed by atoms with Crippen LogP contribution in [0.4, 0.5) is 5.69 Å². The van der Waals surface area contributed by atoms with Gasteiger partial charge in [-0.3, -0.25) is 0 Å². The lowest BCUT2D eigenvalue weighted by atomic mass is 10.2. The molecule has 1 aliphatic heterocycles. The molecular weight excluding hydrogens is 318 g/mol. The lowest BCUT2D eigenvalue weighted by Gasteiger charge is -2.25. The summed E-state index contributed by atoms with van der Waals surface area (Å²) in [6.07, 6.45) is -0.00893. The number of rotatable bonds is 5. The van der Waals surface area contributed by atoms with Crippen LogP contribution in [0, 0.1) is 0 Å². The molecule has 0 fully saturated rings. The summed E-state index contributed by atoms with van der Waals surface area (Å²) in [6, 6.07) is 15.2. The Morgan fingerprint density at radius 2 is 1.92 bits per heavy atom. The predicted octanol–water partition coefficient (Wildman–Crippen LogP) is 3.04. The largest absolute Gasteiger partial charge is 0.491 e. The lowest BCUT2D eigenvalue weighted by molar-refractivity contribution is 0.0972. The van der Waals surface area contributed by atoms with Gasteiger partial charge in [0.1, 0.15) is 12.4 Å². The van der Waals surface area contributed by atoms with Crippen LogP contribution in [0.3, 0.4) is 0 Å². The number of fused-ring (bicyclic) bond motifs is 1. The highest BCUT2D eigenvalue weighted by Gasteiger charge is 2.20. The summed E-state index contributed by atoms with van der Waals surface area (Å²) in [5.74, 6) is 2.65. The van der Waals surface area contributed by atoms with Crippen LogP contribution in [0.25, 0.3) is 0 Å². The van der Waals surface area contributed by atoms with Gasteiger partial charge < -0.3 is 25.3 Å². The van der Waals surface area contributed by atoms with Crippen molar-refractivity contribution in [2.75, 3.05) is 18.5 Å². The summed E-state index contributed by atoms with van der Waals surface area (Å²) < 4.78 is 17.1. The molecule has 0 aromatic heterocycles. The van der Waals surface area contributed by atoms with E-state index in [1.807, 2.05) is 62.4 Å². The Labute approximate surface area is 147 Å². The van der Waals surface area contributed by atoms with Gasteiger partial charge in [-0.15, -0.1) is 0 Å². The Morgan fingerprint density at radius 3 is 2.64 bits per heavy atom. The maximum Gasteiger partial charge on any atom is 0.193 e. The summed E-state index contributed by atoms with van der Waals surface area (Å²) in [5, 5.41) is 3.06. The Hall–Kier alpha value is -2.89. The normalized spacial score (nSPS) is 16.6. The van der Waals surface area contributed by atoms with Crippen LogP contribution in [0.1, 0.15) is 13.8 Å². The molecule has 0 spiro atoms. The Balaban J connectivity index is 1.52. The molecule has 0 saturated carbocycles. The van der Waals surface area contributed by atoms with E-state index >= 15 is 0 Å². The van der Waals surface area contributed by atoms with Crippen molar-refractivity contribution in [1.82, 2.24) is 0 Å². The van der Waals surface area contributed by atoms with Crippen LogP contribution in [0.2, 0.25) is 0 Å². The molecule has 3 N–H and O–H groups in total. The maximum absolute atomic E-state index is 5.95. The van der Waals surface area contributed by atoms with Gasteiger partial charge in [-0.25, -0.2) is 4.99 Å². The van der Waals surface area contributed by atoms with Gasteiger partial charge >= 0.3 is 0 Å². The van der Waals surface area contributed by atoms with Gasteiger partial charge in [0.05, 0.1) is 12.6 Å². The Bertz CT molecular complexity index is 729. The van der Waals surface area contributed by atoms with Gasteiger partial charge in [-0.2, -0.15) is 0 Å². The highest BCUT2D eigenvalue weighted by Crippen LogP contribution is 2.30. The Kier molecular flexibility index (Phi) is 5.28. The molecule has 25 heavy (non-hydrogen) atoms. The summed E-state index contributed by atoms with van der Waals surface area (Å²) >= 11 is 0. The minimum atomic E-state index is -0.155. The molecule has 0 bridgehead atoms. The van der Waals surface area contributed by atoms with Crippen molar-refractivity contribution in [3.63, 3.8) is 0 Å². The number of anilines is 1. The van der Waals surface area contributed by atoms with E-state index in [-0.39, 0.29) is 12.2 Å². The second-order valence-corrected chi connectivity index (χ2v) is 6.04. The minimum absolute atomic E-state index is 0.147. The fraction of sp³-hybridized carbons (Fsp3) is 0.316. The van der Waals surface area contributed by atoms with E-state index in [0.29, 0.717) is 19.1 Å². The first-order valence-corrected chi connectivity index (χ1v) is 8.32. The molecule has 3 rings (SSSR count). The van der Waals surface area contributed by atoms with Gasteiger partial charge in [-0.1, -0.05) is 12.1 Å². The summed E-state index contributed by atoms with van der Waals surface area (Å²) in [6.45, 7) is 4.86. The average Bonchev–Trinajstić information content (AvgIpc) is 2.61. The quantitative estimate of drug-likeness (QED) is 0.645. The van der Waals surface area contributed by atoms with E-state index in [2.05, 4.69) is 10.3 Å². The number of hydrogen-bond acceptors (Lipinski definition) is 4. The fourth-order valence-corrected chi connectivity index (χ4v) is 2.43. The third-order valence-corrected chi connectivity index (χ3v) is 3.53. The SMILES string of the molecule is CC(C)Oc1ccc(NC(N)=NCC2COc3ccccc3O2)cc1. The van der Waals surface area contributed by atoms with Crippen molar-refractivity contribution in [1.29, 1.82) is 0 Å². The zero-order chi connectivity index (χ0) is 17.6. The number of hydrogen-bond donors (Lipinski definition) is 2. The average molecular weight is 341 g/mol. The zero-order valence-corrected chi connectivity index (χ0v) is 14.4. The van der Waals surface area contributed by atoms with Crippen LogP contribution < -0.4 is 25.3 Å². The predicted molar refractivity (Wildman–Crippen MR) is 98.7 cm³/mol. The zero-order valence-electron chi connectivity index (χ0n) is 14.4. The van der Waals surface area contributed by atoms with E-state index in [1.54, 1.807) is 0 Å². The van der Waals surface area contributed by atoms with Crippen LogP contribution in [0.5, 0.6) is 17.2 Å². The maximum atomic E-state index is 5.95. The number of guanidine groups is 1. The van der Waals surface area contributed by atoms with Crippen molar-refractivity contribution in [3.8, 4) is 17.2 Å². The molecule has 0 amide bonds. The summed E-state index contributed by atoms with van der Waals surface area (Å²) in [7, 11) is 0. The van der Waals surface area contributed by atoms with E-state index in [4.69, 9.17) is 19.9 Å². The van der Waals surface area contributed by atoms with Gasteiger partial charge in [0, 0.05) is 5.69 Å². The van der Waals surface area contributed by atoms with E-state index in [0.717, 1.165) is 22.9 Å². The van der Waals surface area contributed by atoms with Crippen molar-refractivity contribution in [3.05, 3.63) is 48.5 Å². The third kappa shape index (κ3) is 4.79. The van der Waals surface area contributed by atoms with Crippen LogP contribution in [-0.4, -0.2) is 31.3 Å². The van der Waals surface area contributed by atoms with E-state index in [1.165, 1.54) is 0 Å². The number of nitrogens with one attached hydrogen (secondary N) is 1. The summed E-state index contributed by atoms with van der Waals surface area (Å²) in [5.41, 5.74) is 6.80. The number of para-hydroxylation sites is 2. The molecule has 0 aliphatic carbocycles. The molecule has 6 heteroatoms. The van der Waals surface area contributed by atoms with Gasteiger partial charge in [0.25, 0.3) is 0 Å². The second-order valence-electron chi connectivity index (χ2n) is 6.04. The molecule has 0 saturated heterocycles. The number of nitrogens with zero attached hydrogens (tertiary/aromatic N) is 1. The summed E-state index contributed by atoms with van der Waals surface area (Å²) in [4.78, 5) is 4.33. The molecule has 1 atom stereocenters. The number of aliphatic imine (C=N–C) groups is 1. The van der Waals surface area contributed by atoms with Gasteiger partial charge in [0.15, 0.2) is 23.6 Å². The van der Waals surface area contributed by atoms with Crippen LogP contribution in [0.15, 0.2) is 53.5 Å². The second kappa shape index (κ2) is 7.79. The van der Waals surface area contributed by atoms with Crippen molar-refractivity contribution in [2.45, 2.75) is 26.1 Å².